The Labute approximate surface area is 127 Å². The van der Waals surface area contributed by atoms with Crippen molar-refractivity contribution < 1.29 is 4.79 Å². The molecule has 1 aromatic carbocycles. The summed E-state index contributed by atoms with van der Waals surface area (Å²) in [6.45, 7) is 8.81. The molecule has 1 aliphatic heterocycles. The number of nitrogens with zero attached hydrogens (tertiary/aromatic N) is 1. The lowest BCUT2D eigenvalue weighted by molar-refractivity contribution is -0.117. The van der Waals surface area contributed by atoms with Gasteiger partial charge in [-0.3, -0.25) is 9.69 Å². The highest BCUT2D eigenvalue weighted by atomic mass is 16.2. The van der Waals surface area contributed by atoms with Crippen molar-refractivity contribution in [2.24, 2.45) is 0 Å². The van der Waals surface area contributed by atoms with Crippen molar-refractivity contribution in [3.05, 3.63) is 29.3 Å². The van der Waals surface area contributed by atoms with Gasteiger partial charge in [-0.25, -0.2) is 0 Å². The van der Waals surface area contributed by atoms with E-state index in [2.05, 4.69) is 36.3 Å². The van der Waals surface area contributed by atoms with Crippen LogP contribution in [0.1, 0.15) is 30.9 Å². The molecule has 1 aromatic rings. The Morgan fingerprint density at radius 2 is 1.90 bits per heavy atom. The van der Waals surface area contributed by atoms with Gasteiger partial charge < -0.3 is 10.6 Å². The average molecular weight is 289 g/mol. The molecule has 0 aromatic heterocycles. The van der Waals surface area contributed by atoms with Gasteiger partial charge in [-0.1, -0.05) is 6.07 Å². The molecule has 0 radical (unpaired) electrons. The molecule has 1 saturated heterocycles. The number of hydrogen-bond acceptors (Lipinski definition) is 3. The van der Waals surface area contributed by atoms with Crippen LogP contribution >= 0.6 is 0 Å². The number of piperidine rings is 1. The summed E-state index contributed by atoms with van der Waals surface area (Å²) < 4.78 is 0. The first-order valence-electron chi connectivity index (χ1n) is 7.70. The number of carbonyl (C=O) groups is 1. The second-order valence-corrected chi connectivity index (χ2v) is 6.43. The lowest BCUT2D eigenvalue weighted by Crippen LogP contribution is -2.51. The summed E-state index contributed by atoms with van der Waals surface area (Å²) in [5, 5.41) is 6.37. The lowest BCUT2D eigenvalue weighted by Gasteiger charge is -2.39. The maximum absolute atomic E-state index is 12.1. The summed E-state index contributed by atoms with van der Waals surface area (Å²) in [6, 6.07) is 6.04. The fourth-order valence-electron chi connectivity index (χ4n) is 2.68. The minimum atomic E-state index is 0.0753. The van der Waals surface area contributed by atoms with Crippen LogP contribution in [0.2, 0.25) is 0 Å². The summed E-state index contributed by atoms with van der Waals surface area (Å²) in [7, 11) is 2.02. The maximum atomic E-state index is 12.1. The van der Waals surface area contributed by atoms with Crippen LogP contribution in [0.4, 0.5) is 5.69 Å². The first kappa shape index (κ1) is 16.0. The Balaban J connectivity index is 1.84. The molecule has 1 fully saturated rings. The van der Waals surface area contributed by atoms with Gasteiger partial charge in [-0.2, -0.15) is 0 Å². The molecule has 0 aliphatic carbocycles. The smallest absolute Gasteiger partial charge is 0.238 e. The van der Waals surface area contributed by atoms with E-state index in [1.54, 1.807) is 0 Å². The summed E-state index contributed by atoms with van der Waals surface area (Å²) in [5.41, 5.74) is 3.56. The fourth-order valence-corrected chi connectivity index (χ4v) is 2.68. The maximum Gasteiger partial charge on any atom is 0.238 e. The van der Waals surface area contributed by atoms with Gasteiger partial charge in [-0.05, 0) is 63.9 Å². The second kappa shape index (κ2) is 6.58. The number of nitrogens with one attached hydrogen (secondary N) is 2. The fraction of sp³-hybridized carbons (Fsp3) is 0.588. The molecular weight excluding hydrogens is 262 g/mol. The molecule has 2 rings (SSSR count). The highest BCUT2D eigenvalue weighted by molar-refractivity contribution is 5.92. The van der Waals surface area contributed by atoms with Crippen LogP contribution in [-0.2, 0) is 4.79 Å². The van der Waals surface area contributed by atoms with Gasteiger partial charge in [0.2, 0.25) is 5.91 Å². The van der Waals surface area contributed by atoms with E-state index < -0.39 is 0 Å². The Bertz CT molecular complexity index is 505. The number of hydrogen-bond donors (Lipinski definition) is 2. The van der Waals surface area contributed by atoms with E-state index in [9.17, 15) is 4.79 Å². The van der Waals surface area contributed by atoms with Crippen molar-refractivity contribution in [1.29, 1.82) is 0 Å². The van der Waals surface area contributed by atoms with E-state index in [1.807, 2.05) is 25.2 Å². The van der Waals surface area contributed by atoms with Crippen molar-refractivity contribution in [3.8, 4) is 0 Å². The Morgan fingerprint density at radius 3 is 2.48 bits per heavy atom. The Kier molecular flexibility index (Phi) is 5.01. The third-order valence-electron chi connectivity index (χ3n) is 4.72. The van der Waals surface area contributed by atoms with E-state index in [0.717, 1.165) is 31.6 Å². The summed E-state index contributed by atoms with van der Waals surface area (Å²) >= 11 is 0. The quantitative estimate of drug-likeness (QED) is 0.894. The van der Waals surface area contributed by atoms with Gasteiger partial charge in [0.1, 0.15) is 0 Å². The standard InChI is InChI=1S/C17H27N3O/c1-13-5-6-15(11-14(13)2)19-16(21)12-20-9-7-17(3,18-4)8-10-20/h5-6,11,18H,7-10,12H2,1-4H3,(H,19,21). The van der Waals surface area contributed by atoms with Gasteiger partial charge in [0.15, 0.2) is 0 Å². The minimum absolute atomic E-state index is 0.0753. The van der Waals surface area contributed by atoms with Gasteiger partial charge >= 0.3 is 0 Å². The van der Waals surface area contributed by atoms with Crippen LogP contribution in [0.25, 0.3) is 0 Å². The molecule has 21 heavy (non-hydrogen) atoms. The largest absolute Gasteiger partial charge is 0.325 e. The first-order chi connectivity index (χ1) is 9.92. The topological polar surface area (TPSA) is 44.4 Å². The Hall–Kier alpha value is -1.39. The molecule has 116 valence electrons. The van der Waals surface area contributed by atoms with E-state index in [0.29, 0.717) is 6.54 Å². The van der Waals surface area contributed by atoms with Crippen molar-refractivity contribution in [2.45, 2.75) is 39.2 Å². The highest BCUT2D eigenvalue weighted by Gasteiger charge is 2.28. The average Bonchev–Trinajstić information content (AvgIpc) is 2.46. The van der Waals surface area contributed by atoms with Crippen LogP contribution in [-0.4, -0.2) is 43.0 Å². The molecule has 0 spiro atoms. The summed E-state index contributed by atoms with van der Waals surface area (Å²) in [6.07, 6.45) is 2.17. The molecular formula is C17H27N3O. The number of rotatable bonds is 4. The molecule has 0 atom stereocenters. The number of benzene rings is 1. The first-order valence-corrected chi connectivity index (χ1v) is 7.70. The van der Waals surface area contributed by atoms with Crippen LogP contribution < -0.4 is 10.6 Å². The monoisotopic (exact) mass is 289 g/mol. The van der Waals surface area contributed by atoms with Gasteiger partial charge in [-0.15, -0.1) is 0 Å². The zero-order valence-electron chi connectivity index (χ0n) is 13.6. The zero-order valence-corrected chi connectivity index (χ0v) is 13.6. The Morgan fingerprint density at radius 1 is 1.24 bits per heavy atom. The molecule has 0 saturated carbocycles. The van der Waals surface area contributed by atoms with Crippen LogP contribution in [0.15, 0.2) is 18.2 Å². The van der Waals surface area contributed by atoms with E-state index in [4.69, 9.17) is 0 Å². The normalized spacial score (nSPS) is 18.5. The third kappa shape index (κ3) is 4.29. The van der Waals surface area contributed by atoms with Crippen LogP contribution in [0, 0.1) is 13.8 Å². The summed E-state index contributed by atoms with van der Waals surface area (Å²) in [5.74, 6) is 0.0753. The van der Waals surface area contributed by atoms with Gasteiger partial charge in [0.05, 0.1) is 6.54 Å². The molecule has 0 bridgehead atoms. The lowest BCUT2D eigenvalue weighted by atomic mass is 9.90. The molecule has 4 nitrogen and oxygen atoms in total. The zero-order chi connectivity index (χ0) is 15.5. The van der Waals surface area contributed by atoms with Crippen molar-refractivity contribution in [2.75, 3.05) is 32.0 Å². The van der Waals surface area contributed by atoms with Gasteiger partial charge in [0.25, 0.3) is 0 Å². The van der Waals surface area contributed by atoms with Gasteiger partial charge in [0, 0.05) is 24.3 Å². The minimum Gasteiger partial charge on any atom is -0.325 e. The molecule has 4 heteroatoms. The second-order valence-electron chi connectivity index (χ2n) is 6.43. The summed E-state index contributed by atoms with van der Waals surface area (Å²) in [4.78, 5) is 14.4. The molecule has 1 heterocycles. The van der Waals surface area contributed by atoms with Crippen LogP contribution in [0.5, 0.6) is 0 Å². The van der Waals surface area contributed by atoms with Crippen LogP contribution in [0.3, 0.4) is 0 Å². The van der Waals surface area contributed by atoms with E-state index >= 15 is 0 Å². The number of likely N-dealkylation sites (tertiary alicyclic amines) is 1. The third-order valence-corrected chi connectivity index (χ3v) is 4.72. The number of anilines is 1. The van der Waals surface area contributed by atoms with Crippen molar-refractivity contribution >= 4 is 11.6 Å². The molecule has 1 amide bonds. The predicted molar refractivity (Wildman–Crippen MR) is 87.7 cm³/mol. The number of aryl methyl sites for hydroxylation is 2. The molecule has 1 aliphatic rings. The number of carbonyl (C=O) groups excluding carboxylic acids is 1. The van der Waals surface area contributed by atoms with E-state index in [-0.39, 0.29) is 11.4 Å². The molecule has 2 N–H and O–H groups in total. The van der Waals surface area contributed by atoms with E-state index in [1.165, 1.54) is 11.1 Å². The number of amides is 1. The SMILES string of the molecule is CNC1(C)CCN(CC(=O)Nc2ccc(C)c(C)c2)CC1. The molecule has 0 unspecified atom stereocenters. The van der Waals surface area contributed by atoms with Crippen molar-refractivity contribution in [3.63, 3.8) is 0 Å². The predicted octanol–water partition coefficient (Wildman–Crippen LogP) is 2.32. The van der Waals surface area contributed by atoms with Crippen molar-refractivity contribution in [1.82, 2.24) is 10.2 Å². The highest BCUT2D eigenvalue weighted by Crippen LogP contribution is 2.21.